The van der Waals surface area contributed by atoms with Gasteiger partial charge in [0.1, 0.15) is 11.7 Å². The van der Waals surface area contributed by atoms with Crippen molar-refractivity contribution < 1.29 is 27.1 Å². The van der Waals surface area contributed by atoms with Crippen molar-refractivity contribution in [3.63, 3.8) is 0 Å². The fourth-order valence-electron chi connectivity index (χ4n) is 2.38. The number of hydrogen-bond acceptors (Lipinski definition) is 6. The number of carbonyl (C=O) groups excluding carboxylic acids is 2. The first-order chi connectivity index (χ1) is 12.7. The minimum Gasteiger partial charge on any atom is -0.449 e. The van der Waals surface area contributed by atoms with Crippen molar-refractivity contribution >= 4 is 33.4 Å². The zero-order chi connectivity index (χ0) is 19.6. The highest BCUT2D eigenvalue weighted by atomic mass is 32.2. The van der Waals surface area contributed by atoms with Crippen molar-refractivity contribution in [2.45, 2.75) is 13.0 Å². The maximum Gasteiger partial charge on any atom is 0.340 e. The molecule has 1 amide bonds. The molecule has 1 atom stereocenters. The van der Waals surface area contributed by atoms with Gasteiger partial charge in [-0.15, -0.1) is 4.40 Å². The Hall–Kier alpha value is -3.01. The molecule has 1 aromatic rings. The lowest BCUT2D eigenvalue weighted by Crippen LogP contribution is -2.37. The third-order valence-corrected chi connectivity index (χ3v) is 4.99. The van der Waals surface area contributed by atoms with E-state index in [1.54, 1.807) is 0 Å². The van der Waals surface area contributed by atoms with Crippen LogP contribution >= 0.6 is 0 Å². The lowest BCUT2D eigenvalue weighted by Gasteiger charge is -2.27. The number of halogens is 1. The van der Waals surface area contributed by atoms with Gasteiger partial charge in [0.05, 0.1) is 11.3 Å². The minimum absolute atomic E-state index is 0.153. The number of anilines is 1. The molecule has 0 saturated carbocycles. The van der Waals surface area contributed by atoms with Crippen molar-refractivity contribution in [1.29, 1.82) is 0 Å². The molecular weight excluding hydrogens is 377 g/mol. The van der Waals surface area contributed by atoms with E-state index in [0.29, 0.717) is 5.69 Å². The largest absolute Gasteiger partial charge is 0.449 e. The Bertz CT molecular complexity index is 967. The molecule has 0 aliphatic carbocycles. The van der Waals surface area contributed by atoms with Crippen molar-refractivity contribution in [2.75, 3.05) is 17.6 Å². The van der Waals surface area contributed by atoms with E-state index in [2.05, 4.69) is 9.71 Å². The molecule has 10 heteroatoms. The first-order valence-corrected chi connectivity index (χ1v) is 9.61. The summed E-state index contributed by atoms with van der Waals surface area (Å²) in [5, 5.41) is 2.51. The Morgan fingerprint density at radius 1 is 1.26 bits per heavy atom. The van der Waals surface area contributed by atoms with Gasteiger partial charge in [0.15, 0.2) is 6.10 Å². The van der Waals surface area contributed by atoms with Crippen LogP contribution in [0.25, 0.3) is 0 Å². The fourth-order valence-corrected chi connectivity index (χ4v) is 3.35. The third kappa shape index (κ3) is 4.59. The van der Waals surface area contributed by atoms with Gasteiger partial charge < -0.3 is 15.0 Å². The number of carbonyl (C=O) groups is 2. The van der Waals surface area contributed by atoms with Crippen LogP contribution in [0.1, 0.15) is 6.92 Å². The van der Waals surface area contributed by atoms with Gasteiger partial charge in [-0.05, 0) is 43.3 Å². The number of amides is 1. The Morgan fingerprint density at radius 2 is 1.96 bits per heavy atom. The average molecular weight is 393 g/mol. The van der Waals surface area contributed by atoms with Crippen LogP contribution in [0.5, 0.6) is 0 Å². The van der Waals surface area contributed by atoms with Crippen LogP contribution < -0.4 is 5.32 Å². The van der Waals surface area contributed by atoms with Crippen LogP contribution in [0.3, 0.4) is 0 Å². The molecule has 2 heterocycles. The summed E-state index contributed by atoms with van der Waals surface area (Å²) in [6, 6.07) is 5.17. The summed E-state index contributed by atoms with van der Waals surface area (Å²) in [5.74, 6) is -1.67. The predicted octanol–water partition coefficient (Wildman–Crippen LogP) is 1.19. The smallest absolute Gasteiger partial charge is 0.340 e. The molecule has 0 fully saturated rings. The SMILES string of the molecule is C[C@@H](OC(=O)C1=CN2CCS(=O)(=O)N=C2C=C1)C(=O)Nc1ccc(F)cc1. The second-order valence-electron chi connectivity index (χ2n) is 5.89. The van der Waals surface area contributed by atoms with E-state index < -0.39 is 33.8 Å². The molecule has 1 N–H and O–H groups in total. The molecule has 0 unspecified atom stereocenters. The standard InChI is InChI=1S/C17H16FN3O5S/c1-11(16(22)19-14-5-3-13(18)4-6-14)26-17(23)12-2-7-15-20-27(24,25)9-8-21(15)10-12/h2-7,10-11H,8-9H2,1H3,(H,19,22)/t11-/m1/s1. The molecule has 0 radical (unpaired) electrons. The van der Waals surface area contributed by atoms with Crippen molar-refractivity contribution in [1.82, 2.24) is 4.90 Å². The van der Waals surface area contributed by atoms with E-state index in [1.165, 1.54) is 54.4 Å². The molecule has 0 saturated heterocycles. The van der Waals surface area contributed by atoms with E-state index >= 15 is 0 Å². The number of nitrogens with one attached hydrogen (secondary N) is 1. The summed E-state index contributed by atoms with van der Waals surface area (Å²) in [7, 11) is -3.48. The Morgan fingerprint density at radius 3 is 2.67 bits per heavy atom. The second kappa shape index (κ2) is 7.31. The van der Waals surface area contributed by atoms with E-state index in [0.717, 1.165) is 0 Å². The molecule has 2 aliphatic heterocycles. The fraction of sp³-hybridized carbons (Fsp3) is 0.235. The summed E-state index contributed by atoms with van der Waals surface area (Å²) in [6.07, 6.45) is 3.12. The number of sulfonamides is 1. The summed E-state index contributed by atoms with van der Waals surface area (Å²) in [6.45, 7) is 1.58. The number of fused-ring (bicyclic) bond motifs is 1. The predicted molar refractivity (Wildman–Crippen MR) is 95.7 cm³/mol. The average Bonchev–Trinajstić information content (AvgIpc) is 2.62. The summed E-state index contributed by atoms with van der Waals surface area (Å²) in [5.41, 5.74) is 0.533. The van der Waals surface area contributed by atoms with Gasteiger partial charge in [0.25, 0.3) is 15.9 Å². The zero-order valence-corrected chi connectivity index (χ0v) is 15.1. The highest BCUT2D eigenvalue weighted by molar-refractivity contribution is 7.90. The molecule has 0 bridgehead atoms. The first kappa shape index (κ1) is 18.8. The summed E-state index contributed by atoms with van der Waals surface area (Å²) < 4.78 is 44.6. The lowest BCUT2D eigenvalue weighted by atomic mass is 10.2. The molecular formula is C17H16FN3O5S. The topological polar surface area (TPSA) is 105 Å². The van der Waals surface area contributed by atoms with E-state index in [-0.39, 0.29) is 23.7 Å². The molecule has 142 valence electrons. The van der Waals surface area contributed by atoms with E-state index in [9.17, 15) is 22.4 Å². The first-order valence-electron chi connectivity index (χ1n) is 8.00. The van der Waals surface area contributed by atoms with Gasteiger partial charge in [-0.3, -0.25) is 4.79 Å². The van der Waals surface area contributed by atoms with Crippen LogP contribution in [0.2, 0.25) is 0 Å². The van der Waals surface area contributed by atoms with Crippen LogP contribution in [-0.2, 0) is 24.3 Å². The Labute approximate surface area is 155 Å². The highest BCUT2D eigenvalue weighted by Crippen LogP contribution is 2.17. The number of rotatable bonds is 4. The number of ether oxygens (including phenoxy) is 1. The number of nitrogens with zero attached hydrogens (tertiary/aromatic N) is 2. The van der Waals surface area contributed by atoms with E-state index in [4.69, 9.17) is 4.74 Å². The summed E-state index contributed by atoms with van der Waals surface area (Å²) >= 11 is 0. The van der Waals surface area contributed by atoms with Gasteiger partial charge in [-0.2, -0.15) is 0 Å². The molecule has 2 aliphatic rings. The zero-order valence-electron chi connectivity index (χ0n) is 14.3. The molecule has 0 aromatic heterocycles. The Kier molecular flexibility index (Phi) is 5.08. The van der Waals surface area contributed by atoms with Gasteiger partial charge in [0, 0.05) is 18.4 Å². The number of amidine groups is 1. The summed E-state index contributed by atoms with van der Waals surface area (Å²) in [4.78, 5) is 25.9. The number of benzene rings is 1. The highest BCUT2D eigenvalue weighted by Gasteiger charge is 2.27. The van der Waals surface area contributed by atoms with Gasteiger partial charge in [-0.25, -0.2) is 17.6 Å². The molecule has 1 aromatic carbocycles. The quantitative estimate of drug-likeness (QED) is 0.771. The van der Waals surface area contributed by atoms with Crippen molar-refractivity contribution in [3.8, 4) is 0 Å². The maximum atomic E-state index is 12.9. The van der Waals surface area contributed by atoms with Crippen LogP contribution in [0, 0.1) is 5.82 Å². The number of esters is 1. The van der Waals surface area contributed by atoms with Crippen molar-refractivity contribution in [2.24, 2.45) is 4.40 Å². The number of hydrogen-bond donors (Lipinski definition) is 1. The minimum atomic E-state index is -3.48. The third-order valence-electron chi connectivity index (χ3n) is 3.82. The second-order valence-corrected chi connectivity index (χ2v) is 7.65. The normalized spacial score (nSPS) is 18.7. The molecule has 0 spiro atoms. The molecule has 3 rings (SSSR count). The lowest BCUT2D eigenvalue weighted by molar-refractivity contribution is -0.149. The van der Waals surface area contributed by atoms with E-state index in [1.807, 2.05) is 0 Å². The molecule has 27 heavy (non-hydrogen) atoms. The van der Waals surface area contributed by atoms with Gasteiger partial charge in [0.2, 0.25) is 0 Å². The van der Waals surface area contributed by atoms with Gasteiger partial charge in [-0.1, -0.05) is 0 Å². The monoisotopic (exact) mass is 393 g/mol. The van der Waals surface area contributed by atoms with Crippen LogP contribution in [0.4, 0.5) is 10.1 Å². The maximum absolute atomic E-state index is 12.9. The van der Waals surface area contributed by atoms with Gasteiger partial charge >= 0.3 is 5.97 Å². The molecule has 8 nitrogen and oxygen atoms in total. The van der Waals surface area contributed by atoms with Crippen LogP contribution in [0.15, 0.2) is 52.6 Å². The van der Waals surface area contributed by atoms with Crippen LogP contribution in [-0.4, -0.2) is 49.4 Å². The van der Waals surface area contributed by atoms with Crippen molar-refractivity contribution in [3.05, 3.63) is 54.0 Å². The Balaban J connectivity index is 1.62.